The van der Waals surface area contributed by atoms with Gasteiger partial charge in [-0.25, -0.2) is 9.97 Å². The van der Waals surface area contributed by atoms with Gasteiger partial charge in [0.1, 0.15) is 0 Å². The zero-order chi connectivity index (χ0) is 19.7. The summed E-state index contributed by atoms with van der Waals surface area (Å²) in [6.45, 7) is 13.2. The van der Waals surface area contributed by atoms with Gasteiger partial charge >= 0.3 is 0 Å². The first kappa shape index (κ1) is 19.8. The molecule has 1 fully saturated rings. The van der Waals surface area contributed by atoms with Crippen LogP contribution in [0.3, 0.4) is 0 Å². The number of anilines is 1. The van der Waals surface area contributed by atoms with Crippen LogP contribution >= 0.6 is 0 Å². The largest absolute Gasteiger partial charge is 0.368 e. The van der Waals surface area contributed by atoms with Crippen LogP contribution in [-0.4, -0.2) is 32.0 Å². The molecule has 0 aliphatic carbocycles. The Morgan fingerprint density at radius 3 is 2.22 bits per heavy atom. The fraction of sp³-hybridized carbons (Fsp3) is 0.545. The van der Waals surface area contributed by atoms with Gasteiger partial charge in [-0.15, -0.1) is 0 Å². The highest BCUT2D eigenvalue weighted by Crippen LogP contribution is 2.33. The van der Waals surface area contributed by atoms with E-state index < -0.39 is 0 Å². The fourth-order valence-corrected chi connectivity index (χ4v) is 4.53. The first-order valence-corrected chi connectivity index (χ1v) is 9.78. The van der Waals surface area contributed by atoms with Crippen LogP contribution in [-0.2, 0) is 13.1 Å². The average Bonchev–Trinajstić information content (AvgIpc) is 2.55. The standard InChI is InChI=1S/C22H33N5/c1-16-8-6-7-9-18(16)15-27(14-17-12-24-20(23)25-13-17)19-10-21(2,3)26-22(4,5)11-19/h6-9,12-13,19,26H,10-11,14-15H2,1-5H3,(H2,23,24,25). The zero-order valence-corrected chi connectivity index (χ0v) is 17.3. The van der Waals surface area contributed by atoms with Crippen molar-refractivity contribution in [3.63, 3.8) is 0 Å². The van der Waals surface area contributed by atoms with Gasteiger partial charge in [-0.3, -0.25) is 4.90 Å². The topological polar surface area (TPSA) is 67.1 Å². The SMILES string of the molecule is Cc1ccccc1CN(Cc1cnc(N)nc1)C1CC(C)(C)NC(C)(C)C1. The molecule has 146 valence electrons. The van der Waals surface area contributed by atoms with E-state index in [2.05, 4.69) is 79.1 Å². The molecule has 0 bridgehead atoms. The number of rotatable bonds is 5. The van der Waals surface area contributed by atoms with Crippen LogP contribution in [0.25, 0.3) is 0 Å². The molecule has 1 saturated heterocycles. The highest BCUT2D eigenvalue weighted by atomic mass is 15.2. The number of nitrogen functional groups attached to an aromatic ring is 1. The minimum absolute atomic E-state index is 0.105. The van der Waals surface area contributed by atoms with E-state index in [0.717, 1.165) is 31.5 Å². The van der Waals surface area contributed by atoms with Crippen molar-refractivity contribution in [3.8, 4) is 0 Å². The van der Waals surface area contributed by atoms with Crippen LogP contribution in [0, 0.1) is 6.92 Å². The molecule has 27 heavy (non-hydrogen) atoms. The molecule has 0 atom stereocenters. The Hall–Kier alpha value is -1.98. The molecule has 1 aliphatic rings. The molecule has 1 aromatic heterocycles. The molecule has 3 N–H and O–H groups in total. The second-order valence-electron chi connectivity index (χ2n) is 9.24. The van der Waals surface area contributed by atoms with Gasteiger partial charge < -0.3 is 11.1 Å². The molecule has 2 aromatic rings. The molecule has 0 radical (unpaired) electrons. The van der Waals surface area contributed by atoms with Gasteiger partial charge in [-0.1, -0.05) is 24.3 Å². The van der Waals surface area contributed by atoms with Gasteiger partial charge in [0.05, 0.1) is 0 Å². The van der Waals surface area contributed by atoms with Gasteiger partial charge in [0.15, 0.2) is 0 Å². The summed E-state index contributed by atoms with van der Waals surface area (Å²) in [7, 11) is 0. The molecular formula is C22H33N5. The molecule has 0 spiro atoms. The summed E-state index contributed by atoms with van der Waals surface area (Å²) in [5.74, 6) is 0.327. The molecule has 0 amide bonds. The Bertz CT molecular complexity index is 751. The Morgan fingerprint density at radius 2 is 1.63 bits per heavy atom. The summed E-state index contributed by atoms with van der Waals surface area (Å²) in [6, 6.07) is 9.14. The predicted octanol–water partition coefficient (Wildman–Crippen LogP) is 3.68. The number of nitrogens with zero attached hydrogens (tertiary/aromatic N) is 3. The third-order valence-corrected chi connectivity index (χ3v) is 5.43. The smallest absolute Gasteiger partial charge is 0.219 e. The fourth-order valence-electron chi connectivity index (χ4n) is 4.53. The number of benzene rings is 1. The van der Waals surface area contributed by atoms with Gasteiger partial charge in [-0.05, 0) is 58.6 Å². The van der Waals surface area contributed by atoms with Crippen molar-refractivity contribution in [3.05, 3.63) is 53.3 Å². The van der Waals surface area contributed by atoms with E-state index in [-0.39, 0.29) is 11.1 Å². The molecule has 0 saturated carbocycles. The van der Waals surface area contributed by atoms with Crippen molar-refractivity contribution < 1.29 is 0 Å². The second-order valence-corrected chi connectivity index (χ2v) is 9.24. The molecule has 0 unspecified atom stereocenters. The number of aromatic nitrogens is 2. The summed E-state index contributed by atoms with van der Waals surface area (Å²) >= 11 is 0. The van der Waals surface area contributed by atoms with Crippen LogP contribution in [0.1, 0.15) is 57.2 Å². The highest BCUT2D eigenvalue weighted by molar-refractivity contribution is 5.26. The van der Waals surface area contributed by atoms with Crippen molar-refractivity contribution in [2.24, 2.45) is 0 Å². The Morgan fingerprint density at radius 1 is 1.04 bits per heavy atom. The summed E-state index contributed by atoms with van der Waals surface area (Å²) in [5.41, 5.74) is 9.70. The Kier molecular flexibility index (Phi) is 5.54. The highest BCUT2D eigenvalue weighted by Gasteiger charge is 2.40. The summed E-state index contributed by atoms with van der Waals surface area (Å²) in [5, 5.41) is 3.80. The zero-order valence-electron chi connectivity index (χ0n) is 17.3. The minimum Gasteiger partial charge on any atom is -0.368 e. The molecule has 1 aromatic carbocycles. The lowest BCUT2D eigenvalue weighted by Crippen LogP contribution is -2.62. The van der Waals surface area contributed by atoms with Crippen molar-refractivity contribution in [2.75, 3.05) is 5.73 Å². The van der Waals surface area contributed by atoms with Crippen molar-refractivity contribution >= 4 is 5.95 Å². The minimum atomic E-state index is 0.105. The van der Waals surface area contributed by atoms with E-state index in [0.29, 0.717) is 12.0 Å². The number of hydrogen-bond acceptors (Lipinski definition) is 5. The van der Waals surface area contributed by atoms with Crippen molar-refractivity contribution in [1.82, 2.24) is 20.2 Å². The molecule has 5 nitrogen and oxygen atoms in total. The van der Waals surface area contributed by atoms with Crippen molar-refractivity contribution in [1.29, 1.82) is 0 Å². The van der Waals surface area contributed by atoms with Crippen LogP contribution < -0.4 is 11.1 Å². The second kappa shape index (κ2) is 7.56. The monoisotopic (exact) mass is 367 g/mol. The van der Waals surface area contributed by atoms with Crippen molar-refractivity contribution in [2.45, 2.75) is 77.7 Å². The summed E-state index contributed by atoms with van der Waals surface area (Å²) in [6.07, 6.45) is 5.92. The van der Waals surface area contributed by atoms with Crippen LogP contribution in [0.4, 0.5) is 5.95 Å². The van der Waals surface area contributed by atoms with Crippen LogP contribution in [0.15, 0.2) is 36.7 Å². The van der Waals surface area contributed by atoms with E-state index in [1.807, 2.05) is 12.4 Å². The van der Waals surface area contributed by atoms with Gasteiger partial charge in [0.2, 0.25) is 5.95 Å². The molecule has 2 heterocycles. The van der Waals surface area contributed by atoms with E-state index in [1.165, 1.54) is 11.1 Å². The number of nitrogens with one attached hydrogen (secondary N) is 1. The number of nitrogens with two attached hydrogens (primary N) is 1. The molecular weight excluding hydrogens is 334 g/mol. The number of piperidine rings is 1. The Labute approximate surface area is 163 Å². The quantitative estimate of drug-likeness (QED) is 0.844. The van der Waals surface area contributed by atoms with E-state index in [1.54, 1.807) is 0 Å². The van der Waals surface area contributed by atoms with Gasteiger partial charge in [0.25, 0.3) is 0 Å². The maximum absolute atomic E-state index is 5.67. The molecule has 5 heteroatoms. The predicted molar refractivity (Wildman–Crippen MR) is 111 cm³/mol. The number of hydrogen-bond donors (Lipinski definition) is 2. The Balaban J connectivity index is 1.88. The first-order valence-electron chi connectivity index (χ1n) is 9.78. The third kappa shape index (κ3) is 5.27. The lowest BCUT2D eigenvalue weighted by molar-refractivity contribution is 0.0561. The van der Waals surface area contributed by atoms with E-state index in [9.17, 15) is 0 Å². The average molecular weight is 368 g/mol. The third-order valence-electron chi connectivity index (χ3n) is 5.43. The van der Waals surface area contributed by atoms with Gasteiger partial charge in [-0.2, -0.15) is 0 Å². The van der Waals surface area contributed by atoms with E-state index in [4.69, 9.17) is 5.73 Å². The van der Waals surface area contributed by atoms with Gasteiger partial charge in [0, 0.05) is 48.2 Å². The molecule has 1 aliphatic heterocycles. The lowest BCUT2D eigenvalue weighted by atomic mass is 9.78. The van der Waals surface area contributed by atoms with Crippen LogP contribution in [0.2, 0.25) is 0 Å². The molecule has 3 rings (SSSR count). The first-order chi connectivity index (χ1) is 12.6. The number of aryl methyl sites for hydroxylation is 1. The van der Waals surface area contributed by atoms with Crippen LogP contribution in [0.5, 0.6) is 0 Å². The maximum atomic E-state index is 5.67. The van der Waals surface area contributed by atoms with E-state index >= 15 is 0 Å². The lowest BCUT2D eigenvalue weighted by Gasteiger charge is -2.49. The normalized spacial score (nSPS) is 19.3. The summed E-state index contributed by atoms with van der Waals surface area (Å²) < 4.78 is 0. The maximum Gasteiger partial charge on any atom is 0.219 e. The summed E-state index contributed by atoms with van der Waals surface area (Å²) in [4.78, 5) is 11.0.